The van der Waals surface area contributed by atoms with E-state index < -0.39 is 35.8 Å². The average molecular weight is 440 g/mol. The Morgan fingerprint density at radius 2 is 2.37 bits per heavy atom. The fourth-order valence-corrected chi connectivity index (χ4v) is 5.96. The maximum Gasteiger partial charge on any atom is 0.328 e. The first-order valence-corrected chi connectivity index (χ1v) is 10.9. The summed E-state index contributed by atoms with van der Waals surface area (Å²) in [5, 5.41) is -2.54. The number of halogens is 2. The lowest BCUT2D eigenvalue weighted by atomic mass is 10.1. The molecule has 10 nitrogen and oxygen atoms in total. The van der Waals surface area contributed by atoms with Crippen LogP contribution in [0.5, 0.6) is 0 Å². The van der Waals surface area contributed by atoms with Crippen LogP contribution in [-0.2, 0) is 30.1 Å². The van der Waals surface area contributed by atoms with Crippen LogP contribution in [0.15, 0.2) is 11.1 Å². The Morgan fingerprint density at radius 1 is 1.63 bits per heavy atom. The number of hydrogen-bond acceptors (Lipinski definition) is 9. The fourth-order valence-electron chi connectivity index (χ4n) is 2.99. The molecule has 2 saturated heterocycles. The van der Waals surface area contributed by atoms with E-state index in [1.165, 1.54) is 10.9 Å². The zero-order valence-corrected chi connectivity index (χ0v) is 16.6. The number of imidazole rings is 1. The summed E-state index contributed by atoms with van der Waals surface area (Å²) in [6.45, 7) is 0.296. The fraction of sp³-hybridized carbons (Fsp3) is 0.615. The van der Waals surface area contributed by atoms with Crippen molar-refractivity contribution >= 4 is 47.2 Å². The molecule has 5 atom stereocenters. The first kappa shape index (κ1) is 19.2. The Balaban J connectivity index is 1.71. The van der Waals surface area contributed by atoms with Crippen molar-refractivity contribution in [3.8, 4) is 0 Å². The Morgan fingerprint density at radius 3 is 3.07 bits per heavy atom. The molecular formula is C13H16ClFN5O5PS. The number of nitrogens with zero attached hydrogens (tertiary/aromatic N) is 3. The van der Waals surface area contributed by atoms with Crippen LogP contribution in [-0.4, -0.2) is 49.6 Å². The molecule has 0 saturated carbocycles. The van der Waals surface area contributed by atoms with Crippen LogP contribution in [0.4, 0.5) is 10.3 Å². The van der Waals surface area contributed by atoms with Crippen LogP contribution in [0.2, 0.25) is 0 Å². The Labute approximate surface area is 162 Å². The van der Waals surface area contributed by atoms with Gasteiger partial charge in [0, 0.05) is 0 Å². The largest absolute Gasteiger partial charge is 0.369 e. The standard InChI is InChI=1S/C13H16ClFN5O5PS/c1-5(2)24-26(27)22-3-6-8(25-26)13(14,15)11(23-6)20-4-17-7-9(20)18-12(16)19-10(7)21/h4-6,8,11H,3H2,1-2H3,(H3,16,18,19,21)/t6-,8-,11-,13-,26-/m1/s1. The minimum atomic E-state index is -3.17. The number of ether oxygens (including phenoxy) is 1. The molecule has 0 bridgehead atoms. The number of hydrogen-bond donors (Lipinski definition) is 2. The van der Waals surface area contributed by atoms with Crippen LogP contribution in [0, 0.1) is 0 Å². The number of aromatic amines is 1. The monoisotopic (exact) mass is 439 g/mol. The lowest BCUT2D eigenvalue weighted by Gasteiger charge is -2.35. The van der Waals surface area contributed by atoms with E-state index in [0.29, 0.717) is 0 Å². The van der Waals surface area contributed by atoms with Gasteiger partial charge in [0.25, 0.3) is 10.7 Å². The van der Waals surface area contributed by atoms with E-state index in [4.69, 9.17) is 47.4 Å². The summed E-state index contributed by atoms with van der Waals surface area (Å²) < 4.78 is 39.1. The number of nitrogens with one attached hydrogen (secondary N) is 1. The molecule has 2 aromatic rings. The second-order valence-electron chi connectivity index (χ2n) is 6.40. The second kappa shape index (κ2) is 6.45. The third-order valence-electron chi connectivity index (χ3n) is 4.03. The van der Waals surface area contributed by atoms with Crippen molar-refractivity contribution in [3.63, 3.8) is 0 Å². The van der Waals surface area contributed by atoms with Crippen LogP contribution in [0.25, 0.3) is 11.2 Å². The minimum Gasteiger partial charge on any atom is -0.369 e. The van der Waals surface area contributed by atoms with E-state index in [1.807, 2.05) is 0 Å². The predicted octanol–water partition coefficient (Wildman–Crippen LogP) is 1.57. The Bertz CT molecular complexity index is 999. The molecule has 2 aromatic heterocycles. The molecular weight excluding hydrogens is 424 g/mol. The van der Waals surface area contributed by atoms with Gasteiger partial charge >= 0.3 is 6.72 Å². The molecule has 2 fully saturated rings. The number of fused-ring (bicyclic) bond motifs is 2. The summed E-state index contributed by atoms with van der Waals surface area (Å²) in [6, 6.07) is 0. The third-order valence-corrected chi connectivity index (χ3v) is 6.90. The molecule has 0 amide bonds. The van der Waals surface area contributed by atoms with Crippen molar-refractivity contribution in [2.45, 2.75) is 43.5 Å². The van der Waals surface area contributed by atoms with E-state index in [9.17, 15) is 4.79 Å². The second-order valence-corrected chi connectivity index (χ2v) is 9.89. The van der Waals surface area contributed by atoms with Crippen molar-refractivity contribution in [2.24, 2.45) is 0 Å². The highest BCUT2D eigenvalue weighted by Crippen LogP contribution is 2.61. The van der Waals surface area contributed by atoms with E-state index in [-0.39, 0.29) is 29.8 Å². The van der Waals surface area contributed by atoms with E-state index in [2.05, 4.69) is 15.0 Å². The molecule has 0 unspecified atom stereocenters. The van der Waals surface area contributed by atoms with Gasteiger partial charge in [-0.2, -0.15) is 4.98 Å². The Kier molecular flexibility index (Phi) is 4.58. The van der Waals surface area contributed by atoms with E-state index in [1.54, 1.807) is 13.8 Å². The summed E-state index contributed by atoms with van der Waals surface area (Å²) in [5.74, 6) is -0.149. The molecule has 4 rings (SSSR count). The first-order valence-electron chi connectivity index (χ1n) is 7.98. The number of anilines is 1. The summed E-state index contributed by atoms with van der Waals surface area (Å²) in [5.41, 5.74) is 5.01. The molecule has 4 heterocycles. The lowest BCUT2D eigenvalue weighted by Crippen LogP contribution is -2.43. The SMILES string of the molecule is CC(C)O[P@]1(=S)OC[C@H]2O[C@@H](n3cnc4c(=O)[nH]c(N)nc43)[C@@](F)(Cl)[C@@H]2O1. The summed E-state index contributed by atoms with van der Waals surface area (Å²) in [7, 11) is 0. The molecule has 148 valence electrons. The van der Waals surface area contributed by atoms with Gasteiger partial charge in [0.05, 0.1) is 19.0 Å². The van der Waals surface area contributed by atoms with Gasteiger partial charge in [0.2, 0.25) is 5.95 Å². The maximum atomic E-state index is 15.6. The molecule has 0 aliphatic carbocycles. The molecule has 3 N–H and O–H groups in total. The Hall–Kier alpha value is -1.14. The summed E-state index contributed by atoms with van der Waals surface area (Å²) >= 11 is 11.5. The van der Waals surface area contributed by atoms with Gasteiger partial charge in [-0.3, -0.25) is 18.9 Å². The van der Waals surface area contributed by atoms with Gasteiger partial charge in [-0.1, -0.05) is 11.6 Å². The quantitative estimate of drug-likeness (QED) is 0.541. The number of nitrogen functional groups attached to an aromatic ring is 1. The van der Waals surface area contributed by atoms with Crippen molar-refractivity contribution in [1.82, 2.24) is 19.5 Å². The normalized spacial score (nSPS) is 36.4. The van der Waals surface area contributed by atoms with Crippen molar-refractivity contribution in [2.75, 3.05) is 12.3 Å². The highest BCUT2D eigenvalue weighted by Gasteiger charge is 2.62. The van der Waals surface area contributed by atoms with Crippen molar-refractivity contribution in [1.29, 1.82) is 0 Å². The molecule has 0 aromatic carbocycles. The number of rotatable bonds is 3. The van der Waals surface area contributed by atoms with E-state index >= 15 is 4.39 Å². The topological polar surface area (TPSA) is 127 Å². The average Bonchev–Trinajstić information content (AvgIpc) is 3.05. The van der Waals surface area contributed by atoms with Crippen LogP contribution < -0.4 is 11.3 Å². The van der Waals surface area contributed by atoms with Gasteiger partial charge in [-0.15, -0.1) is 0 Å². The zero-order valence-electron chi connectivity index (χ0n) is 14.2. The van der Waals surface area contributed by atoms with Gasteiger partial charge in [-0.25, -0.2) is 9.37 Å². The van der Waals surface area contributed by atoms with Gasteiger partial charge in [0.15, 0.2) is 17.4 Å². The van der Waals surface area contributed by atoms with Crippen LogP contribution in [0.1, 0.15) is 20.1 Å². The smallest absolute Gasteiger partial charge is 0.328 e. The van der Waals surface area contributed by atoms with Gasteiger partial charge in [-0.05, 0) is 25.7 Å². The maximum absolute atomic E-state index is 15.6. The van der Waals surface area contributed by atoms with E-state index in [0.717, 1.165) is 0 Å². The first-order chi connectivity index (χ1) is 12.6. The van der Waals surface area contributed by atoms with Crippen LogP contribution >= 0.6 is 18.3 Å². The number of alkyl halides is 2. The molecule has 14 heteroatoms. The van der Waals surface area contributed by atoms with Gasteiger partial charge in [0.1, 0.15) is 12.2 Å². The van der Waals surface area contributed by atoms with Gasteiger partial charge < -0.3 is 19.5 Å². The highest BCUT2D eigenvalue weighted by molar-refractivity contribution is 8.07. The number of aromatic nitrogens is 4. The van der Waals surface area contributed by atoms with Crippen LogP contribution in [0.3, 0.4) is 0 Å². The van der Waals surface area contributed by atoms with Crippen molar-refractivity contribution < 1.29 is 22.7 Å². The third kappa shape index (κ3) is 3.19. The summed E-state index contributed by atoms with van der Waals surface area (Å²) in [4.78, 5) is 22.2. The zero-order chi connectivity index (χ0) is 19.6. The highest BCUT2D eigenvalue weighted by atomic mass is 35.5. The number of nitrogens with two attached hydrogens (primary N) is 1. The minimum absolute atomic E-state index is 0.0273. The molecule has 2 aliphatic rings. The lowest BCUT2D eigenvalue weighted by molar-refractivity contribution is -0.0635. The molecule has 0 radical (unpaired) electrons. The molecule has 2 aliphatic heterocycles. The summed E-state index contributed by atoms with van der Waals surface area (Å²) in [6.07, 6.45) is -2.53. The van der Waals surface area contributed by atoms with Crippen molar-refractivity contribution in [3.05, 3.63) is 16.7 Å². The number of H-pyrrole nitrogens is 1. The molecule has 27 heavy (non-hydrogen) atoms. The molecule has 0 spiro atoms. The predicted molar refractivity (Wildman–Crippen MR) is 97.5 cm³/mol.